The fraction of sp³-hybridized carbons (Fsp3) is 0.333. The molecule has 0 aliphatic carbocycles. The average molecular weight is 397 g/mol. The summed E-state index contributed by atoms with van der Waals surface area (Å²) in [7, 11) is -2.91. The number of hydrogen-bond donors (Lipinski definition) is 2. The van der Waals surface area contributed by atoms with Gasteiger partial charge in [-0.25, -0.2) is 13.4 Å². The lowest BCUT2D eigenvalue weighted by Gasteiger charge is -2.13. The summed E-state index contributed by atoms with van der Waals surface area (Å²) >= 11 is 3.43. The highest BCUT2D eigenvalue weighted by molar-refractivity contribution is 9.10. The molecule has 3 rings (SSSR count). The SMILES string of the molecule is Cc1cc(Br)ccc1Nc1nccc(NC2CCS(=O)(=O)C2)n1. The third-order valence-corrected chi connectivity index (χ3v) is 5.94. The van der Waals surface area contributed by atoms with Crippen molar-refractivity contribution in [1.29, 1.82) is 0 Å². The summed E-state index contributed by atoms with van der Waals surface area (Å²) in [6.45, 7) is 2.00. The molecule has 122 valence electrons. The lowest BCUT2D eigenvalue weighted by atomic mass is 10.2. The summed E-state index contributed by atoms with van der Waals surface area (Å²) in [6, 6.07) is 7.56. The lowest BCUT2D eigenvalue weighted by Crippen LogP contribution is -2.21. The Morgan fingerprint density at radius 1 is 1.30 bits per heavy atom. The Morgan fingerprint density at radius 2 is 2.13 bits per heavy atom. The van der Waals surface area contributed by atoms with Gasteiger partial charge < -0.3 is 10.6 Å². The molecule has 2 aromatic rings. The van der Waals surface area contributed by atoms with Crippen LogP contribution in [0.2, 0.25) is 0 Å². The fourth-order valence-electron chi connectivity index (χ4n) is 2.51. The van der Waals surface area contributed by atoms with Crippen molar-refractivity contribution in [3.63, 3.8) is 0 Å². The van der Waals surface area contributed by atoms with Crippen LogP contribution in [0.4, 0.5) is 17.5 Å². The van der Waals surface area contributed by atoms with Crippen molar-refractivity contribution in [2.24, 2.45) is 0 Å². The van der Waals surface area contributed by atoms with Gasteiger partial charge in [-0.05, 0) is 43.2 Å². The molecule has 0 amide bonds. The maximum atomic E-state index is 11.5. The Hall–Kier alpha value is -1.67. The maximum Gasteiger partial charge on any atom is 0.229 e. The topological polar surface area (TPSA) is 84.0 Å². The first-order chi connectivity index (χ1) is 10.9. The molecule has 2 heterocycles. The molecule has 6 nitrogen and oxygen atoms in total. The second kappa shape index (κ2) is 6.45. The quantitative estimate of drug-likeness (QED) is 0.826. The van der Waals surface area contributed by atoms with Gasteiger partial charge in [0.15, 0.2) is 9.84 Å². The molecule has 1 aromatic carbocycles. The molecule has 23 heavy (non-hydrogen) atoms. The van der Waals surface area contributed by atoms with Gasteiger partial charge in [0.1, 0.15) is 5.82 Å². The third kappa shape index (κ3) is 4.20. The first-order valence-corrected chi connectivity index (χ1v) is 9.86. The van der Waals surface area contributed by atoms with Crippen LogP contribution in [0.3, 0.4) is 0 Å². The number of hydrogen-bond acceptors (Lipinski definition) is 6. The van der Waals surface area contributed by atoms with Crippen LogP contribution in [0.25, 0.3) is 0 Å². The highest BCUT2D eigenvalue weighted by Gasteiger charge is 2.27. The fourth-order valence-corrected chi connectivity index (χ4v) is 4.65. The summed E-state index contributed by atoms with van der Waals surface area (Å²) in [4.78, 5) is 8.61. The molecule has 1 saturated heterocycles. The van der Waals surface area contributed by atoms with Crippen molar-refractivity contribution in [2.45, 2.75) is 19.4 Å². The maximum absolute atomic E-state index is 11.5. The standard InChI is InChI=1S/C15H17BrN4O2S/c1-10-8-11(16)2-3-13(10)19-15-17-6-4-14(20-15)18-12-5-7-23(21,22)9-12/h2-4,6,8,12H,5,7,9H2,1H3,(H2,17,18,19,20). The summed E-state index contributed by atoms with van der Waals surface area (Å²) in [6.07, 6.45) is 2.26. The predicted octanol–water partition coefficient (Wildman–Crippen LogP) is 2.89. The van der Waals surface area contributed by atoms with Crippen LogP contribution < -0.4 is 10.6 Å². The minimum Gasteiger partial charge on any atom is -0.366 e. The molecule has 1 fully saturated rings. The summed E-state index contributed by atoms with van der Waals surface area (Å²) in [5.41, 5.74) is 2.00. The van der Waals surface area contributed by atoms with Gasteiger partial charge in [0.25, 0.3) is 0 Å². The number of anilines is 3. The smallest absolute Gasteiger partial charge is 0.229 e. The zero-order valence-electron chi connectivity index (χ0n) is 12.6. The van der Waals surface area contributed by atoms with Crippen molar-refractivity contribution in [3.05, 3.63) is 40.5 Å². The van der Waals surface area contributed by atoms with Gasteiger partial charge in [-0.1, -0.05) is 15.9 Å². The van der Waals surface area contributed by atoms with Gasteiger partial charge in [0.05, 0.1) is 11.5 Å². The largest absolute Gasteiger partial charge is 0.366 e. The van der Waals surface area contributed by atoms with E-state index >= 15 is 0 Å². The molecule has 8 heteroatoms. The first kappa shape index (κ1) is 16.2. The van der Waals surface area contributed by atoms with Gasteiger partial charge >= 0.3 is 0 Å². The van der Waals surface area contributed by atoms with Gasteiger partial charge in [0, 0.05) is 22.4 Å². The van der Waals surface area contributed by atoms with Gasteiger partial charge in [-0.3, -0.25) is 0 Å². The minimum absolute atomic E-state index is 0.0860. The van der Waals surface area contributed by atoms with E-state index in [-0.39, 0.29) is 17.5 Å². The average Bonchev–Trinajstić information content (AvgIpc) is 2.81. The van der Waals surface area contributed by atoms with E-state index < -0.39 is 9.84 Å². The normalized spacial score (nSPS) is 19.5. The second-order valence-corrected chi connectivity index (χ2v) is 8.74. The molecule has 2 N–H and O–H groups in total. The molecule has 0 spiro atoms. The zero-order valence-corrected chi connectivity index (χ0v) is 15.0. The number of aromatic nitrogens is 2. The number of nitrogens with zero attached hydrogens (tertiary/aromatic N) is 2. The predicted molar refractivity (Wildman–Crippen MR) is 94.9 cm³/mol. The van der Waals surface area contributed by atoms with Crippen LogP contribution in [0.15, 0.2) is 34.9 Å². The number of benzene rings is 1. The van der Waals surface area contributed by atoms with Crippen molar-refractivity contribution in [2.75, 3.05) is 22.1 Å². The number of rotatable bonds is 4. The Balaban J connectivity index is 1.72. The van der Waals surface area contributed by atoms with Crippen molar-refractivity contribution < 1.29 is 8.42 Å². The highest BCUT2D eigenvalue weighted by atomic mass is 79.9. The molecule has 1 aliphatic heterocycles. The molecular formula is C15H17BrN4O2S. The third-order valence-electron chi connectivity index (χ3n) is 3.67. The van der Waals surface area contributed by atoms with E-state index in [2.05, 4.69) is 36.5 Å². The minimum atomic E-state index is -2.91. The molecule has 0 saturated carbocycles. The Morgan fingerprint density at radius 3 is 2.83 bits per heavy atom. The van der Waals surface area contributed by atoms with Crippen LogP contribution in [0, 0.1) is 6.92 Å². The number of aryl methyl sites for hydroxylation is 1. The van der Waals surface area contributed by atoms with E-state index in [0.717, 1.165) is 15.7 Å². The zero-order chi connectivity index (χ0) is 16.4. The van der Waals surface area contributed by atoms with Gasteiger partial charge in [0.2, 0.25) is 5.95 Å². The number of sulfone groups is 1. The Labute approximate surface area is 143 Å². The molecule has 1 aromatic heterocycles. The van der Waals surface area contributed by atoms with E-state index in [1.54, 1.807) is 12.3 Å². The summed E-state index contributed by atoms with van der Waals surface area (Å²) < 4.78 is 24.0. The van der Waals surface area contributed by atoms with Gasteiger partial charge in [-0.15, -0.1) is 0 Å². The number of nitrogens with one attached hydrogen (secondary N) is 2. The molecular weight excluding hydrogens is 380 g/mol. The van der Waals surface area contributed by atoms with Crippen LogP contribution in [-0.2, 0) is 9.84 Å². The Bertz CT molecular complexity index is 826. The second-order valence-electron chi connectivity index (χ2n) is 5.59. The molecule has 0 bridgehead atoms. The van der Waals surface area contributed by atoms with Crippen LogP contribution in [-0.4, -0.2) is 35.9 Å². The van der Waals surface area contributed by atoms with Gasteiger partial charge in [-0.2, -0.15) is 4.98 Å². The monoisotopic (exact) mass is 396 g/mol. The molecule has 0 radical (unpaired) electrons. The number of halogens is 1. The lowest BCUT2D eigenvalue weighted by molar-refractivity contribution is 0.602. The van der Waals surface area contributed by atoms with Crippen LogP contribution >= 0.6 is 15.9 Å². The Kier molecular flexibility index (Phi) is 4.54. The van der Waals surface area contributed by atoms with Crippen molar-refractivity contribution in [3.8, 4) is 0 Å². The van der Waals surface area contributed by atoms with Crippen LogP contribution in [0.5, 0.6) is 0 Å². The van der Waals surface area contributed by atoms with Crippen molar-refractivity contribution >= 4 is 43.2 Å². The molecule has 1 aliphatic rings. The van der Waals surface area contributed by atoms with E-state index in [9.17, 15) is 8.42 Å². The van der Waals surface area contributed by atoms with Crippen LogP contribution in [0.1, 0.15) is 12.0 Å². The first-order valence-electron chi connectivity index (χ1n) is 7.24. The van der Waals surface area contributed by atoms with E-state index in [0.29, 0.717) is 18.2 Å². The van der Waals surface area contributed by atoms with E-state index in [1.807, 2.05) is 25.1 Å². The highest BCUT2D eigenvalue weighted by Crippen LogP contribution is 2.23. The molecule has 1 atom stereocenters. The van der Waals surface area contributed by atoms with E-state index in [1.165, 1.54) is 0 Å². The van der Waals surface area contributed by atoms with E-state index in [4.69, 9.17) is 0 Å². The summed E-state index contributed by atoms with van der Waals surface area (Å²) in [5, 5.41) is 6.35. The molecule has 1 unspecified atom stereocenters. The van der Waals surface area contributed by atoms with Crippen molar-refractivity contribution in [1.82, 2.24) is 9.97 Å². The summed E-state index contributed by atoms with van der Waals surface area (Å²) in [5.74, 6) is 1.49.